The second-order valence-corrected chi connectivity index (χ2v) is 8.73. The molecule has 2 aromatic carbocycles. The maximum Gasteiger partial charge on any atom is 0.149 e. The number of hydrogen-bond donors (Lipinski definition) is 0. The number of piperazine rings is 2. The number of nitrogens with zero attached hydrogens (tertiary/aromatic N) is 6. The average Bonchev–Trinajstić information content (AvgIpc) is 2.89. The van der Waals surface area contributed by atoms with E-state index in [-0.39, 0.29) is 0 Å². The Balaban J connectivity index is 1.31. The fourth-order valence-corrected chi connectivity index (χ4v) is 4.82. The number of aryl methyl sites for hydroxylation is 1. The molecule has 33 heavy (non-hydrogen) atoms. The molecule has 0 radical (unpaired) electrons. The Bertz CT molecular complexity index is 1110. The van der Waals surface area contributed by atoms with Gasteiger partial charge in [-0.05, 0) is 42.8 Å². The Labute approximate surface area is 196 Å². The van der Waals surface area contributed by atoms with E-state index >= 15 is 0 Å². The molecule has 2 saturated heterocycles. The van der Waals surface area contributed by atoms with Crippen molar-refractivity contribution in [1.82, 2.24) is 4.98 Å². The first-order valence-electron chi connectivity index (χ1n) is 11.7. The molecule has 3 aromatic rings. The van der Waals surface area contributed by atoms with Crippen molar-refractivity contribution >= 4 is 23.0 Å². The molecule has 2 aliphatic rings. The molecule has 6 nitrogen and oxygen atoms in total. The summed E-state index contributed by atoms with van der Waals surface area (Å²) >= 11 is 0. The molecule has 0 N–H and O–H groups in total. The molecule has 1 aromatic heterocycles. The summed E-state index contributed by atoms with van der Waals surface area (Å²) < 4.78 is 0. The van der Waals surface area contributed by atoms with E-state index in [1.807, 2.05) is 6.92 Å². The SMILES string of the molecule is Cc1cc(N2CCN(c3ccccc3)CC2)nc(N2CCN(c3ccccc3)CC2)c1C#N. The summed E-state index contributed by atoms with van der Waals surface area (Å²) in [7, 11) is 0. The fourth-order valence-electron chi connectivity index (χ4n) is 4.82. The van der Waals surface area contributed by atoms with Gasteiger partial charge in [0.2, 0.25) is 0 Å². The van der Waals surface area contributed by atoms with E-state index in [2.05, 4.69) is 92.4 Å². The summed E-state index contributed by atoms with van der Waals surface area (Å²) in [6.45, 7) is 9.40. The molecule has 0 spiro atoms. The molecule has 6 heteroatoms. The lowest BCUT2D eigenvalue weighted by Gasteiger charge is -2.39. The van der Waals surface area contributed by atoms with Crippen molar-refractivity contribution in [3.8, 4) is 6.07 Å². The Morgan fingerprint density at radius 1 is 0.667 bits per heavy atom. The topological polar surface area (TPSA) is 49.6 Å². The van der Waals surface area contributed by atoms with Gasteiger partial charge in [0.05, 0.1) is 5.56 Å². The Hall–Kier alpha value is -3.72. The van der Waals surface area contributed by atoms with Crippen molar-refractivity contribution in [2.45, 2.75) is 6.92 Å². The first-order chi connectivity index (χ1) is 16.2. The summed E-state index contributed by atoms with van der Waals surface area (Å²) in [5.74, 6) is 1.82. The summed E-state index contributed by atoms with van der Waals surface area (Å²) in [4.78, 5) is 14.5. The highest BCUT2D eigenvalue weighted by Gasteiger charge is 2.25. The number of pyridine rings is 1. The van der Waals surface area contributed by atoms with Gasteiger partial charge in [-0.25, -0.2) is 4.98 Å². The third-order valence-electron chi connectivity index (χ3n) is 6.72. The Morgan fingerprint density at radius 2 is 1.12 bits per heavy atom. The van der Waals surface area contributed by atoms with Crippen molar-refractivity contribution < 1.29 is 0 Å². The largest absolute Gasteiger partial charge is 0.368 e. The zero-order valence-corrected chi connectivity index (χ0v) is 19.2. The summed E-state index contributed by atoms with van der Waals surface area (Å²) in [5, 5.41) is 9.87. The molecule has 2 fully saturated rings. The van der Waals surface area contributed by atoms with E-state index in [4.69, 9.17) is 4.98 Å². The van der Waals surface area contributed by atoms with Crippen molar-refractivity contribution in [3.05, 3.63) is 77.9 Å². The molecule has 0 amide bonds. The number of para-hydroxylation sites is 2. The van der Waals surface area contributed by atoms with Gasteiger partial charge in [-0.2, -0.15) is 5.26 Å². The van der Waals surface area contributed by atoms with Gasteiger partial charge >= 0.3 is 0 Å². The number of benzene rings is 2. The normalized spacial score (nSPS) is 16.6. The van der Waals surface area contributed by atoms with Crippen LogP contribution in [0.25, 0.3) is 0 Å². The Morgan fingerprint density at radius 3 is 1.61 bits per heavy atom. The van der Waals surface area contributed by atoms with E-state index in [9.17, 15) is 5.26 Å². The van der Waals surface area contributed by atoms with Gasteiger partial charge in [-0.1, -0.05) is 36.4 Å². The molecule has 3 heterocycles. The van der Waals surface area contributed by atoms with Crippen LogP contribution in [-0.2, 0) is 0 Å². The zero-order chi connectivity index (χ0) is 22.6. The van der Waals surface area contributed by atoms with Gasteiger partial charge in [0, 0.05) is 63.7 Å². The van der Waals surface area contributed by atoms with Gasteiger partial charge in [0.25, 0.3) is 0 Å². The van der Waals surface area contributed by atoms with Crippen LogP contribution in [0.1, 0.15) is 11.1 Å². The Kier molecular flexibility index (Phi) is 6.03. The van der Waals surface area contributed by atoms with Crippen molar-refractivity contribution in [1.29, 1.82) is 5.26 Å². The molecule has 2 aliphatic heterocycles. The van der Waals surface area contributed by atoms with Crippen LogP contribution < -0.4 is 19.6 Å². The second kappa shape index (κ2) is 9.41. The highest BCUT2D eigenvalue weighted by molar-refractivity contribution is 5.64. The first kappa shape index (κ1) is 21.1. The van der Waals surface area contributed by atoms with Gasteiger partial charge < -0.3 is 19.6 Å². The summed E-state index contributed by atoms with van der Waals surface area (Å²) in [6.07, 6.45) is 0. The number of nitriles is 1. The predicted molar refractivity (Wildman–Crippen MR) is 135 cm³/mol. The third-order valence-corrected chi connectivity index (χ3v) is 6.72. The van der Waals surface area contributed by atoms with Gasteiger partial charge in [0.15, 0.2) is 0 Å². The smallest absolute Gasteiger partial charge is 0.149 e. The molecule has 0 saturated carbocycles. The molecular formula is C27H30N6. The number of rotatable bonds is 4. The minimum Gasteiger partial charge on any atom is -0.368 e. The lowest BCUT2D eigenvalue weighted by atomic mass is 10.1. The minimum atomic E-state index is 0.704. The van der Waals surface area contributed by atoms with Crippen LogP contribution in [0.4, 0.5) is 23.0 Å². The van der Waals surface area contributed by atoms with Gasteiger partial charge in [-0.15, -0.1) is 0 Å². The fraction of sp³-hybridized carbons (Fsp3) is 0.333. The zero-order valence-electron chi connectivity index (χ0n) is 19.2. The molecular weight excluding hydrogens is 408 g/mol. The van der Waals surface area contributed by atoms with Crippen LogP contribution in [0.5, 0.6) is 0 Å². The van der Waals surface area contributed by atoms with Crippen LogP contribution in [0.15, 0.2) is 66.7 Å². The minimum absolute atomic E-state index is 0.704. The first-order valence-corrected chi connectivity index (χ1v) is 11.7. The maximum absolute atomic E-state index is 9.87. The van der Waals surface area contributed by atoms with E-state index in [0.29, 0.717) is 5.56 Å². The van der Waals surface area contributed by atoms with Crippen LogP contribution in [0, 0.1) is 18.3 Å². The van der Waals surface area contributed by atoms with E-state index in [1.54, 1.807) is 0 Å². The second-order valence-electron chi connectivity index (χ2n) is 8.73. The molecule has 168 valence electrons. The standard InChI is InChI=1S/C27H30N6/c1-22-20-26(32-16-12-30(13-17-32)23-8-4-2-5-9-23)29-27(25(22)21-28)33-18-14-31(15-19-33)24-10-6-3-7-11-24/h2-11,20H,12-19H2,1H3. The van der Waals surface area contributed by atoms with Crippen LogP contribution in [0.2, 0.25) is 0 Å². The van der Waals surface area contributed by atoms with Crippen LogP contribution >= 0.6 is 0 Å². The average molecular weight is 439 g/mol. The van der Waals surface area contributed by atoms with Gasteiger partial charge in [-0.3, -0.25) is 0 Å². The van der Waals surface area contributed by atoms with Crippen molar-refractivity contribution in [3.63, 3.8) is 0 Å². The molecule has 0 atom stereocenters. The van der Waals surface area contributed by atoms with Crippen LogP contribution in [-0.4, -0.2) is 57.3 Å². The summed E-state index contributed by atoms with van der Waals surface area (Å²) in [6, 6.07) is 25.6. The van der Waals surface area contributed by atoms with E-state index in [0.717, 1.165) is 69.6 Å². The maximum atomic E-state index is 9.87. The highest BCUT2D eigenvalue weighted by atomic mass is 15.3. The van der Waals surface area contributed by atoms with Gasteiger partial charge in [0.1, 0.15) is 17.7 Å². The quantitative estimate of drug-likeness (QED) is 0.616. The lowest BCUT2D eigenvalue weighted by Crippen LogP contribution is -2.48. The van der Waals surface area contributed by atoms with Crippen molar-refractivity contribution in [2.24, 2.45) is 0 Å². The number of aromatic nitrogens is 1. The molecule has 5 rings (SSSR count). The van der Waals surface area contributed by atoms with E-state index in [1.165, 1.54) is 11.4 Å². The molecule has 0 bridgehead atoms. The van der Waals surface area contributed by atoms with Crippen LogP contribution in [0.3, 0.4) is 0 Å². The number of hydrogen-bond acceptors (Lipinski definition) is 6. The predicted octanol–water partition coefficient (Wildman–Crippen LogP) is 3.91. The molecule has 0 aliphatic carbocycles. The lowest BCUT2D eigenvalue weighted by molar-refractivity contribution is 0.635. The molecule has 0 unspecified atom stereocenters. The van der Waals surface area contributed by atoms with Crippen molar-refractivity contribution in [2.75, 3.05) is 72.0 Å². The van der Waals surface area contributed by atoms with E-state index < -0.39 is 0 Å². The summed E-state index contributed by atoms with van der Waals surface area (Å²) in [5.41, 5.74) is 4.24. The monoisotopic (exact) mass is 438 g/mol. The number of anilines is 4. The third kappa shape index (κ3) is 4.45. The highest BCUT2D eigenvalue weighted by Crippen LogP contribution is 2.29.